The zero-order valence-electron chi connectivity index (χ0n) is 9.44. The first-order valence-corrected chi connectivity index (χ1v) is 6.53. The molecule has 4 heteroatoms. The van der Waals surface area contributed by atoms with Crippen LogP contribution < -0.4 is 5.32 Å². The lowest BCUT2D eigenvalue weighted by Gasteiger charge is -2.31. The molecule has 1 unspecified atom stereocenters. The van der Waals surface area contributed by atoms with Crippen molar-refractivity contribution in [2.75, 3.05) is 7.05 Å². The summed E-state index contributed by atoms with van der Waals surface area (Å²) in [5.41, 5.74) is 0. The average molecular weight is 225 g/mol. The first-order valence-electron chi connectivity index (χ1n) is 5.75. The highest BCUT2D eigenvalue weighted by Crippen LogP contribution is 2.37. The minimum absolute atomic E-state index is 0.470. The van der Waals surface area contributed by atoms with Gasteiger partial charge < -0.3 is 5.32 Å². The van der Waals surface area contributed by atoms with Crippen molar-refractivity contribution in [1.82, 2.24) is 14.9 Å². The molecule has 3 nitrogen and oxygen atoms in total. The van der Waals surface area contributed by atoms with Gasteiger partial charge in [-0.05, 0) is 43.3 Å². The average Bonchev–Trinajstić information content (AvgIpc) is 2.75. The number of rotatable bonds is 3. The maximum Gasteiger partial charge on any atom is 0.0669 e. The summed E-state index contributed by atoms with van der Waals surface area (Å²) >= 11 is 1.53. The van der Waals surface area contributed by atoms with E-state index in [0.29, 0.717) is 6.04 Å². The fourth-order valence-corrected chi connectivity index (χ4v) is 3.25. The van der Waals surface area contributed by atoms with Crippen LogP contribution in [0, 0.1) is 11.8 Å². The molecule has 0 amide bonds. The predicted molar refractivity (Wildman–Crippen MR) is 62.8 cm³/mol. The molecular weight excluding hydrogens is 206 g/mol. The smallest absolute Gasteiger partial charge is 0.0669 e. The van der Waals surface area contributed by atoms with Gasteiger partial charge in [-0.25, -0.2) is 0 Å². The molecule has 1 heterocycles. The Balaban J connectivity index is 2.01. The molecule has 15 heavy (non-hydrogen) atoms. The molecule has 1 fully saturated rings. The summed E-state index contributed by atoms with van der Waals surface area (Å²) in [6.45, 7) is 2.36. The second-order valence-corrected chi connectivity index (χ2v) is 5.42. The molecule has 0 radical (unpaired) electrons. The third kappa shape index (κ3) is 2.55. The molecule has 1 atom stereocenters. The van der Waals surface area contributed by atoms with Crippen LogP contribution in [0.2, 0.25) is 0 Å². The van der Waals surface area contributed by atoms with Crippen molar-refractivity contribution in [3.63, 3.8) is 0 Å². The Kier molecular flexibility index (Phi) is 3.70. The summed E-state index contributed by atoms with van der Waals surface area (Å²) in [5, 5.41) is 7.35. The highest BCUT2D eigenvalue weighted by atomic mass is 32.1. The Labute approximate surface area is 95.4 Å². The van der Waals surface area contributed by atoms with Crippen LogP contribution >= 0.6 is 11.5 Å². The van der Waals surface area contributed by atoms with Gasteiger partial charge in [0, 0.05) is 6.04 Å². The van der Waals surface area contributed by atoms with Crippen LogP contribution in [-0.2, 0) is 0 Å². The van der Waals surface area contributed by atoms with Crippen molar-refractivity contribution < 1.29 is 0 Å². The van der Waals surface area contributed by atoms with Crippen molar-refractivity contribution >= 4 is 11.5 Å². The van der Waals surface area contributed by atoms with Crippen LogP contribution in [0.25, 0.3) is 0 Å². The molecule has 0 saturated heterocycles. The quantitative estimate of drug-likeness (QED) is 0.859. The molecule has 0 bridgehead atoms. The van der Waals surface area contributed by atoms with Gasteiger partial charge in [-0.3, -0.25) is 0 Å². The van der Waals surface area contributed by atoms with E-state index in [1.165, 1.54) is 42.1 Å². The molecule has 2 rings (SSSR count). The summed E-state index contributed by atoms with van der Waals surface area (Å²) in [7, 11) is 2.04. The Morgan fingerprint density at radius 1 is 1.40 bits per heavy atom. The van der Waals surface area contributed by atoms with Gasteiger partial charge in [-0.1, -0.05) is 24.3 Å². The van der Waals surface area contributed by atoms with Crippen LogP contribution in [-0.4, -0.2) is 16.6 Å². The van der Waals surface area contributed by atoms with Crippen LogP contribution in [0.3, 0.4) is 0 Å². The van der Waals surface area contributed by atoms with E-state index in [9.17, 15) is 0 Å². The zero-order chi connectivity index (χ0) is 10.7. The van der Waals surface area contributed by atoms with Gasteiger partial charge in [0.25, 0.3) is 0 Å². The summed E-state index contributed by atoms with van der Waals surface area (Å²) in [4.78, 5) is 1.29. The van der Waals surface area contributed by atoms with Gasteiger partial charge >= 0.3 is 0 Å². The SMILES string of the molecule is CNC(c1cnns1)C1CCC(C)CC1. The van der Waals surface area contributed by atoms with Gasteiger partial charge in [0.1, 0.15) is 0 Å². The second kappa shape index (κ2) is 5.03. The summed E-state index contributed by atoms with van der Waals surface area (Å²) in [5.74, 6) is 1.69. The molecule has 1 aliphatic rings. The standard InChI is InChI=1S/C11H19N3S/c1-8-3-5-9(6-4-8)11(12-2)10-7-13-14-15-10/h7-9,11-12H,3-6H2,1-2H3. The molecule has 84 valence electrons. The Hall–Kier alpha value is -0.480. The van der Waals surface area contributed by atoms with E-state index in [0.717, 1.165) is 11.8 Å². The van der Waals surface area contributed by atoms with Gasteiger partial charge in [0.2, 0.25) is 0 Å². The number of aromatic nitrogens is 2. The van der Waals surface area contributed by atoms with Crippen molar-refractivity contribution in [2.24, 2.45) is 11.8 Å². The number of nitrogens with zero attached hydrogens (tertiary/aromatic N) is 2. The zero-order valence-corrected chi connectivity index (χ0v) is 10.3. The van der Waals surface area contributed by atoms with Gasteiger partial charge in [0.15, 0.2) is 0 Å². The third-order valence-corrected chi connectivity index (χ3v) is 4.27. The van der Waals surface area contributed by atoms with Crippen LogP contribution in [0.5, 0.6) is 0 Å². The van der Waals surface area contributed by atoms with Gasteiger partial charge in [-0.15, -0.1) is 5.10 Å². The molecule has 1 aliphatic carbocycles. The van der Waals surface area contributed by atoms with Crippen molar-refractivity contribution in [1.29, 1.82) is 0 Å². The molecule has 1 aromatic heterocycles. The summed E-state index contributed by atoms with van der Waals surface area (Å²) in [6.07, 6.45) is 7.32. The number of hydrogen-bond acceptors (Lipinski definition) is 4. The Morgan fingerprint density at radius 3 is 2.67 bits per heavy atom. The normalized spacial score (nSPS) is 28.9. The molecule has 1 N–H and O–H groups in total. The van der Waals surface area contributed by atoms with Crippen molar-refractivity contribution in [2.45, 2.75) is 38.6 Å². The van der Waals surface area contributed by atoms with Crippen molar-refractivity contribution in [3.8, 4) is 0 Å². The Morgan fingerprint density at radius 2 is 2.13 bits per heavy atom. The highest BCUT2D eigenvalue weighted by molar-refractivity contribution is 7.05. The third-order valence-electron chi connectivity index (χ3n) is 3.53. The van der Waals surface area contributed by atoms with E-state index in [1.807, 2.05) is 13.2 Å². The van der Waals surface area contributed by atoms with E-state index in [4.69, 9.17) is 0 Å². The predicted octanol–water partition coefficient (Wildman–Crippen LogP) is 2.62. The minimum Gasteiger partial charge on any atom is -0.312 e. The topological polar surface area (TPSA) is 37.8 Å². The fourth-order valence-electron chi connectivity index (χ4n) is 2.54. The first-order chi connectivity index (χ1) is 7.31. The highest BCUT2D eigenvalue weighted by Gasteiger charge is 2.27. The monoisotopic (exact) mass is 225 g/mol. The van der Waals surface area contributed by atoms with E-state index >= 15 is 0 Å². The molecule has 0 aromatic carbocycles. The molecule has 1 aromatic rings. The largest absolute Gasteiger partial charge is 0.312 e. The van der Waals surface area contributed by atoms with E-state index in [1.54, 1.807) is 0 Å². The number of hydrogen-bond donors (Lipinski definition) is 1. The lowest BCUT2D eigenvalue weighted by molar-refractivity contribution is 0.240. The second-order valence-electron chi connectivity index (χ2n) is 4.61. The minimum atomic E-state index is 0.470. The molecule has 1 saturated carbocycles. The summed E-state index contributed by atoms with van der Waals surface area (Å²) < 4.78 is 3.95. The van der Waals surface area contributed by atoms with E-state index in [-0.39, 0.29) is 0 Å². The van der Waals surface area contributed by atoms with Crippen molar-refractivity contribution in [3.05, 3.63) is 11.1 Å². The number of nitrogens with one attached hydrogen (secondary N) is 1. The fraction of sp³-hybridized carbons (Fsp3) is 0.818. The van der Waals surface area contributed by atoms with Crippen LogP contribution in [0.1, 0.15) is 43.5 Å². The maximum absolute atomic E-state index is 3.95. The molecular formula is C11H19N3S. The van der Waals surface area contributed by atoms with E-state index < -0.39 is 0 Å². The van der Waals surface area contributed by atoms with Gasteiger partial charge in [0.05, 0.1) is 11.1 Å². The van der Waals surface area contributed by atoms with Gasteiger partial charge in [-0.2, -0.15) is 0 Å². The molecule has 0 aliphatic heterocycles. The maximum atomic E-state index is 3.95. The first kappa shape index (κ1) is 11.0. The molecule has 0 spiro atoms. The lowest BCUT2D eigenvalue weighted by atomic mass is 9.79. The summed E-state index contributed by atoms with van der Waals surface area (Å²) in [6, 6.07) is 0.470. The Bertz CT molecular complexity index is 278. The lowest BCUT2D eigenvalue weighted by Crippen LogP contribution is -2.27. The van der Waals surface area contributed by atoms with Crippen LogP contribution in [0.15, 0.2) is 6.20 Å². The van der Waals surface area contributed by atoms with Crippen LogP contribution in [0.4, 0.5) is 0 Å². The van der Waals surface area contributed by atoms with E-state index in [2.05, 4.69) is 21.8 Å².